The van der Waals surface area contributed by atoms with Crippen LogP contribution in [0.25, 0.3) is 16.9 Å². The van der Waals surface area contributed by atoms with Crippen molar-refractivity contribution >= 4 is 48.7 Å². The number of nitrogens with zero attached hydrogens (tertiary/aromatic N) is 4. The predicted molar refractivity (Wildman–Crippen MR) is 107 cm³/mol. The number of nitrogens with one attached hydrogen (secondary N) is 2. The molecule has 1 saturated heterocycles. The summed E-state index contributed by atoms with van der Waals surface area (Å²) in [4.78, 5) is 8.49. The highest BCUT2D eigenvalue weighted by Gasteiger charge is 2.14. The van der Waals surface area contributed by atoms with Gasteiger partial charge in [0.2, 0.25) is 0 Å². The van der Waals surface area contributed by atoms with Crippen molar-refractivity contribution < 1.29 is 0 Å². The molecule has 0 aliphatic carbocycles. The van der Waals surface area contributed by atoms with E-state index < -0.39 is 0 Å². The lowest BCUT2D eigenvalue weighted by molar-refractivity contribution is 0.477. The molecule has 25 heavy (non-hydrogen) atoms. The SMILES string of the molecule is Cl.Cl.Cl.c1cc(-c2cnc3ccc(NC4CCNCC4)nn23)ccn1. The van der Waals surface area contributed by atoms with Gasteiger partial charge in [0.15, 0.2) is 5.65 Å². The molecular formula is C16H21Cl3N6. The zero-order valence-corrected chi connectivity index (χ0v) is 15.9. The van der Waals surface area contributed by atoms with Crippen LogP contribution in [0.4, 0.5) is 5.82 Å². The van der Waals surface area contributed by atoms with Gasteiger partial charge in [0, 0.05) is 24.0 Å². The molecule has 0 saturated carbocycles. The summed E-state index contributed by atoms with van der Waals surface area (Å²) in [5, 5.41) is 11.6. The van der Waals surface area contributed by atoms with Gasteiger partial charge in [-0.05, 0) is 50.2 Å². The number of anilines is 1. The Kier molecular flexibility index (Phi) is 8.38. The van der Waals surface area contributed by atoms with Gasteiger partial charge in [0.1, 0.15) is 5.82 Å². The van der Waals surface area contributed by atoms with Crippen LogP contribution in [0.2, 0.25) is 0 Å². The molecule has 0 amide bonds. The van der Waals surface area contributed by atoms with Gasteiger partial charge < -0.3 is 10.6 Å². The van der Waals surface area contributed by atoms with Crippen LogP contribution in [0, 0.1) is 0 Å². The molecule has 1 fully saturated rings. The molecule has 0 aromatic carbocycles. The first kappa shape index (κ1) is 21.4. The standard InChI is InChI=1S/C16H18N6.3ClH/c1-2-16-19-11-14(12-3-7-17-8-4-12)22(16)21-15(1)20-13-5-9-18-10-6-13;;;/h1-4,7-8,11,13,18H,5-6,9-10H2,(H,20,21);3*1H. The van der Waals surface area contributed by atoms with Crippen molar-refractivity contribution in [3.8, 4) is 11.3 Å². The Labute approximate surface area is 165 Å². The van der Waals surface area contributed by atoms with Gasteiger partial charge in [-0.25, -0.2) is 9.50 Å². The molecular weight excluding hydrogens is 383 g/mol. The lowest BCUT2D eigenvalue weighted by atomic mass is 10.1. The maximum absolute atomic E-state index is 4.71. The molecule has 6 nitrogen and oxygen atoms in total. The van der Waals surface area contributed by atoms with Gasteiger partial charge in [0.25, 0.3) is 0 Å². The Bertz CT molecular complexity index is 774. The van der Waals surface area contributed by atoms with E-state index in [2.05, 4.69) is 20.6 Å². The van der Waals surface area contributed by atoms with Crippen LogP contribution in [-0.2, 0) is 0 Å². The third-order valence-electron chi connectivity index (χ3n) is 4.03. The highest BCUT2D eigenvalue weighted by Crippen LogP contribution is 2.20. The van der Waals surface area contributed by atoms with Gasteiger partial charge in [-0.2, -0.15) is 0 Å². The van der Waals surface area contributed by atoms with Crippen LogP contribution in [0.5, 0.6) is 0 Å². The summed E-state index contributed by atoms with van der Waals surface area (Å²) in [5.74, 6) is 0.896. The number of imidazole rings is 1. The molecule has 9 heteroatoms. The Balaban J connectivity index is 0.00000104. The fourth-order valence-electron chi connectivity index (χ4n) is 2.85. The van der Waals surface area contributed by atoms with Crippen molar-refractivity contribution in [3.05, 3.63) is 42.9 Å². The predicted octanol–water partition coefficient (Wildman–Crippen LogP) is 3.22. The molecule has 1 aliphatic heterocycles. The second kappa shape index (κ2) is 9.77. The number of piperidine rings is 1. The van der Waals surface area contributed by atoms with E-state index >= 15 is 0 Å². The minimum atomic E-state index is 0. The molecule has 2 N–H and O–H groups in total. The molecule has 0 radical (unpaired) electrons. The molecule has 0 spiro atoms. The molecule has 136 valence electrons. The third-order valence-corrected chi connectivity index (χ3v) is 4.03. The first-order valence-corrected chi connectivity index (χ1v) is 7.62. The molecule has 3 aromatic rings. The van der Waals surface area contributed by atoms with Crippen LogP contribution in [0.1, 0.15) is 12.8 Å². The Morgan fingerprint density at radius 1 is 1.00 bits per heavy atom. The van der Waals surface area contributed by atoms with Crippen molar-refractivity contribution in [1.29, 1.82) is 0 Å². The van der Waals surface area contributed by atoms with E-state index in [0.717, 1.165) is 48.7 Å². The van der Waals surface area contributed by atoms with Gasteiger partial charge in [-0.3, -0.25) is 4.98 Å². The average Bonchev–Trinajstić information content (AvgIpc) is 3.00. The minimum Gasteiger partial charge on any atom is -0.366 e. The number of halogens is 3. The summed E-state index contributed by atoms with van der Waals surface area (Å²) in [5.41, 5.74) is 2.89. The topological polar surface area (TPSA) is 67.1 Å². The van der Waals surface area contributed by atoms with Gasteiger partial charge >= 0.3 is 0 Å². The molecule has 1 aliphatic rings. The largest absolute Gasteiger partial charge is 0.366 e. The van der Waals surface area contributed by atoms with E-state index in [-0.39, 0.29) is 37.2 Å². The highest BCUT2D eigenvalue weighted by atomic mass is 35.5. The van der Waals surface area contributed by atoms with Crippen LogP contribution in [0.15, 0.2) is 42.9 Å². The maximum Gasteiger partial charge on any atom is 0.154 e. The molecule has 4 rings (SSSR count). The molecule has 3 aromatic heterocycles. The molecule has 0 atom stereocenters. The number of hydrogen-bond acceptors (Lipinski definition) is 5. The number of aromatic nitrogens is 4. The second-order valence-electron chi connectivity index (χ2n) is 5.54. The fourth-order valence-corrected chi connectivity index (χ4v) is 2.85. The Morgan fingerprint density at radius 3 is 2.44 bits per heavy atom. The number of hydrogen-bond donors (Lipinski definition) is 2. The van der Waals surface area contributed by atoms with Crippen LogP contribution in [-0.4, -0.2) is 38.7 Å². The van der Waals surface area contributed by atoms with Crippen molar-refractivity contribution in [2.75, 3.05) is 18.4 Å². The summed E-state index contributed by atoms with van der Waals surface area (Å²) >= 11 is 0. The lowest BCUT2D eigenvalue weighted by Crippen LogP contribution is -2.35. The zero-order valence-electron chi connectivity index (χ0n) is 13.5. The highest BCUT2D eigenvalue weighted by molar-refractivity contribution is 5.86. The van der Waals surface area contributed by atoms with E-state index in [1.165, 1.54) is 0 Å². The first-order valence-electron chi connectivity index (χ1n) is 7.62. The zero-order chi connectivity index (χ0) is 14.8. The minimum absolute atomic E-state index is 0. The van der Waals surface area contributed by atoms with E-state index in [4.69, 9.17) is 5.10 Å². The maximum atomic E-state index is 4.71. The smallest absolute Gasteiger partial charge is 0.154 e. The lowest BCUT2D eigenvalue weighted by Gasteiger charge is -2.24. The Morgan fingerprint density at radius 2 is 1.72 bits per heavy atom. The fraction of sp³-hybridized carbons (Fsp3) is 0.312. The number of fused-ring (bicyclic) bond motifs is 1. The molecule has 0 bridgehead atoms. The summed E-state index contributed by atoms with van der Waals surface area (Å²) in [7, 11) is 0. The van der Waals surface area contributed by atoms with Crippen LogP contribution in [0.3, 0.4) is 0 Å². The number of rotatable bonds is 3. The molecule has 4 heterocycles. The summed E-state index contributed by atoms with van der Waals surface area (Å²) in [6.45, 7) is 2.13. The third kappa shape index (κ3) is 4.73. The van der Waals surface area contributed by atoms with Crippen molar-refractivity contribution in [3.63, 3.8) is 0 Å². The van der Waals surface area contributed by atoms with E-state index in [1.807, 2.05) is 35.0 Å². The normalized spacial score (nSPS) is 14.1. The second-order valence-corrected chi connectivity index (χ2v) is 5.54. The van der Waals surface area contributed by atoms with Gasteiger partial charge in [0.05, 0.1) is 11.9 Å². The Hall–Kier alpha value is -1.60. The van der Waals surface area contributed by atoms with Gasteiger partial charge in [-0.1, -0.05) is 0 Å². The quantitative estimate of drug-likeness (QED) is 0.703. The number of pyridine rings is 1. The summed E-state index contributed by atoms with van der Waals surface area (Å²) in [6.07, 6.45) is 7.67. The monoisotopic (exact) mass is 402 g/mol. The van der Waals surface area contributed by atoms with Crippen molar-refractivity contribution in [2.24, 2.45) is 0 Å². The average molecular weight is 404 g/mol. The van der Waals surface area contributed by atoms with Crippen molar-refractivity contribution in [2.45, 2.75) is 18.9 Å². The first-order chi connectivity index (χ1) is 10.9. The summed E-state index contributed by atoms with van der Waals surface area (Å²) in [6, 6.07) is 8.43. The van der Waals surface area contributed by atoms with Gasteiger partial charge in [-0.15, -0.1) is 42.3 Å². The van der Waals surface area contributed by atoms with E-state index in [0.29, 0.717) is 6.04 Å². The molecule has 0 unspecified atom stereocenters. The van der Waals surface area contributed by atoms with E-state index in [1.54, 1.807) is 12.4 Å². The van der Waals surface area contributed by atoms with Crippen LogP contribution < -0.4 is 10.6 Å². The summed E-state index contributed by atoms with van der Waals surface area (Å²) < 4.78 is 1.89. The van der Waals surface area contributed by atoms with Crippen LogP contribution >= 0.6 is 37.2 Å². The van der Waals surface area contributed by atoms with E-state index in [9.17, 15) is 0 Å². The van der Waals surface area contributed by atoms with Crippen molar-refractivity contribution in [1.82, 2.24) is 24.9 Å².